The summed E-state index contributed by atoms with van der Waals surface area (Å²) >= 11 is 1.52. The molecule has 0 aliphatic carbocycles. The number of carbonyl (C=O) groups excluding carboxylic acids is 1. The van der Waals surface area contributed by atoms with Crippen LogP contribution in [0.5, 0.6) is 5.75 Å². The van der Waals surface area contributed by atoms with Crippen LogP contribution in [-0.4, -0.2) is 44.6 Å². The average Bonchev–Trinajstić information content (AvgIpc) is 3.07. The number of benzene rings is 1. The van der Waals surface area contributed by atoms with Crippen LogP contribution >= 0.6 is 23.7 Å². The van der Waals surface area contributed by atoms with Gasteiger partial charge < -0.3 is 15.0 Å². The van der Waals surface area contributed by atoms with E-state index >= 15 is 0 Å². The van der Waals surface area contributed by atoms with Crippen LogP contribution in [0.2, 0.25) is 0 Å². The number of amides is 1. The highest BCUT2D eigenvalue weighted by Gasteiger charge is 2.27. The standard InChI is InChI=1S/C19H24N2O2S.ClH/c1-20-12-14-7-6-10-21(13-14)19(22)18-16(23-2)11-17(24-18)15-8-4-3-5-9-15;/h3-5,8-9,11,14,20H,6-7,10,12-13H2,1-2H3;1H. The molecule has 0 saturated carbocycles. The molecule has 2 heterocycles. The van der Waals surface area contributed by atoms with Crippen molar-refractivity contribution in [3.63, 3.8) is 0 Å². The van der Waals surface area contributed by atoms with E-state index in [1.807, 2.05) is 36.2 Å². The van der Waals surface area contributed by atoms with Crippen LogP contribution in [0.3, 0.4) is 0 Å². The first-order chi connectivity index (χ1) is 11.7. The monoisotopic (exact) mass is 380 g/mol. The number of nitrogens with one attached hydrogen (secondary N) is 1. The largest absolute Gasteiger partial charge is 0.495 e. The highest BCUT2D eigenvalue weighted by atomic mass is 35.5. The molecular formula is C19H25ClN2O2S. The molecule has 2 aromatic rings. The summed E-state index contributed by atoms with van der Waals surface area (Å²) < 4.78 is 5.48. The minimum Gasteiger partial charge on any atom is -0.495 e. The molecule has 1 saturated heterocycles. The topological polar surface area (TPSA) is 41.6 Å². The fraction of sp³-hybridized carbons (Fsp3) is 0.421. The number of rotatable bonds is 5. The highest BCUT2D eigenvalue weighted by molar-refractivity contribution is 7.17. The van der Waals surface area contributed by atoms with Crippen LogP contribution in [0.15, 0.2) is 36.4 Å². The summed E-state index contributed by atoms with van der Waals surface area (Å²) in [4.78, 5) is 16.8. The molecule has 1 aromatic heterocycles. The maximum Gasteiger partial charge on any atom is 0.267 e. The molecule has 1 fully saturated rings. The van der Waals surface area contributed by atoms with E-state index in [1.54, 1.807) is 7.11 Å². The van der Waals surface area contributed by atoms with Crippen molar-refractivity contribution in [1.82, 2.24) is 10.2 Å². The van der Waals surface area contributed by atoms with Crippen LogP contribution in [0.4, 0.5) is 0 Å². The predicted molar refractivity (Wildman–Crippen MR) is 106 cm³/mol. The molecule has 0 bridgehead atoms. The fourth-order valence-corrected chi connectivity index (χ4v) is 4.37. The fourth-order valence-electron chi connectivity index (χ4n) is 3.27. The second kappa shape index (κ2) is 9.22. The Morgan fingerprint density at radius 2 is 2.12 bits per heavy atom. The lowest BCUT2D eigenvalue weighted by Crippen LogP contribution is -2.42. The summed E-state index contributed by atoms with van der Waals surface area (Å²) in [6, 6.07) is 12.1. The minimum atomic E-state index is 0. The SMILES string of the molecule is CNCC1CCCN(C(=O)c2sc(-c3ccccc3)cc2OC)C1.Cl. The number of carbonyl (C=O) groups is 1. The maximum atomic E-state index is 13.0. The van der Waals surface area contributed by atoms with Crippen LogP contribution in [-0.2, 0) is 0 Å². The van der Waals surface area contributed by atoms with Gasteiger partial charge in [-0.3, -0.25) is 4.79 Å². The van der Waals surface area contributed by atoms with Gasteiger partial charge in [0.1, 0.15) is 10.6 Å². The van der Waals surface area contributed by atoms with Gasteiger partial charge >= 0.3 is 0 Å². The van der Waals surface area contributed by atoms with Gasteiger partial charge in [0, 0.05) is 18.0 Å². The zero-order valence-electron chi connectivity index (χ0n) is 14.7. The Morgan fingerprint density at radius 1 is 1.36 bits per heavy atom. The van der Waals surface area contributed by atoms with E-state index in [2.05, 4.69) is 17.4 Å². The van der Waals surface area contributed by atoms with Gasteiger partial charge in [-0.15, -0.1) is 23.7 Å². The van der Waals surface area contributed by atoms with Gasteiger partial charge in [-0.25, -0.2) is 0 Å². The molecular weight excluding hydrogens is 356 g/mol. The number of halogens is 1. The van der Waals surface area contributed by atoms with Gasteiger partial charge in [0.25, 0.3) is 5.91 Å². The summed E-state index contributed by atoms with van der Waals surface area (Å²) in [5, 5.41) is 3.22. The second-order valence-corrected chi connectivity index (χ2v) is 7.24. The Hall–Kier alpha value is -1.56. The van der Waals surface area contributed by atoms with Crippen molar-refractivity contribution in [2.45, 2.75) is 12.8 Å². The lowest BCUT2D eigenvalue weighted by Gasteiger charge is -2.32. The van der Waals surface area contributed by atoms with Crippen LogP contribution in [0, 0.1) is 5.92 Å². The molecule has 3 rings (SSSR count). The lowest BCUT2D eigenvalue weighted by atomic mass is 9.98. The van der Waals surface area contributed by atoms with E-state index in [0.29, 0.717) is 16.5 Å². The van der Waals surface area contributed by atoms with Gasteiger partial charge in [-0.2, -0.15) is 0 Å². The molecule has 1 aliphatic heterocycles. The molecule has 4 nitrogen and oxygen atoms in total. The molecule has 1 atom stereocenters. The van der Waals surface area contributed by atoms with Gasteiger partial charge in [0.2, 0.25) is 0 Å². The Kier molecular flexibility index (Phi) is 7.29. The molecule has 1 N–H and O–H groups in total. The second-order valence-electron chi connectivity index (χ2n) is 6.19. The highest BCUT2D eigenvalue weighted by Crippen LogP contribution is 2.37. The molecule has 1 aromatic carbocycles. The predicted octanol–water partition coefficient (Wildman–Crippen LogP) is 3.92. The van der Waals surface area contributed by atoms with Gasteiger partial charge in [-0.1, -0.05) is 30.3 Å². The van der Waals surface area contributed by atoms with Gasteiger partial charge in [-0.05, 0) is 44.0 Å². The molecule has 136 valence electrons. The maximum absolute atomic E-state index is 13.0. The number of piperidine rings is 1. The molecule has 1 amide bonds. The van der Waals surface area contributed by atoms with Crippen molar-refractivity contribution in [3.8, 4) is 16.2 Å². The number of hydrogen-bond donors (Lipinski definition) is 1. The Morgan fingerprint density at radius 3 is 2.80 bits per heavy atom. The van der Waals surface area contributed by atoms with Gasteiger partial charge in [0.15, 0.2) is 0 Å². The molecule has 6 heteroatoms. The van der Waals surface area contributed by atoms with E-state index in [9.17, 15) is 4.79 Å². The quantitative estimate of drug-likeness (QED) is 0.854. The number of methoxy groups -OCH3 is 1. The Balaban J connectivity index is 0.00000225. The molecule has 25 heavy (non-hydrogen) atoms. The number of nitrogens with zero attached hydrogens (tertiary/aromatic N) is 1. The summed E-state index contributed by atoms with van der Waals surface area (Å²) in [6.45, 7) is 2.61. The van der Waals surface area contributed by atoms with Crippen LogP contribution in [0.1, 0.15) is 22.5 Å². The smallest absolute Gasteiger partial charge is 0.267 e. The summed E-state index contributed by atoms with van der Waals surface area (Å²) in [7, 11) is 3.60. The lowest BCUT2D eigenvalue weighted by molar-refractivity contribution is 0.0676. The van der Waals surface area contributed by atoms with E-state index in [1.165, 1.54) is 17.8 Å². The third-order valence-corrected chi connectivity index (χ3v) is 5.62. The third-order valence-electron chi connectivity index (χ3n) is 4.47. The van der Waals surface area contributed by atoms with Crippen molar-refractivity contribution in [3.05, 3.63) is 41.3 Å². The third kappa shape index (κ3) is 4.54. The van der Waals surface area contributed by atoms with Crippen molar-refractivity contribution in [1.29, 1.82) is 0 Å². The molecule has 1 unspecified atom stereocenters. The van der Waals surface area contributed by atoms with Crippen molar-refractivity contribution < 1.29 is 9.53 Å². The molecule has 0 radical (unpaired) electrons. The minimum absolute atomic E-state index is 0. The van der Waals surface area contributed by atoms with E-state index < -0.39 is 0 Å². The molecule has 1 aliphatic rings. The van der Waals surface area contributed by atoms with Crippen molar-refractivity contribution in [2.24, 2.45) is 5.92 Å². The van der Waals surface area contributed by atoms with E-state index in [4.69, 9.17) is 4.74 Å². The number of ether oxygens (including phenoxy) is 1. The van der Waals surface area contributed by atoms with Gasteiger partial charge in [0.05, 0.1) is 7.11 Å². The number of hydrogen-bond acceptors (Lipinski definition) is 4. The van der Waals surface area contributed by atoms with Crippen molar-refractivity contribution >= 4 is 29.7 Å². The number of likely N-dealkylation sites (tertiary alicyclic amines) is 1. The number of thiophene rings is 1. The zero-order valence-corrected chi connectivity index (χ0v) is 16.3. The summed E-state index contributed by atoms with van der Waals surface area (Å²) in [6.07, 6.45) is 2.25. The molecule has 0 spiro atoms. The van der Waals surface area contributed by atoms with E-state index in [-0.39, 0.29) is 18.3 Å². The van der Waals surface area contributed by atoms with Crippen molar-refractivity contribution in [2.75, 3.05) is 33.8 Å². The first-order valence-corrected chi connectivity index (χ1v) is 9.21. The average molecular weight is 381 g/mol. The zero-order chi connectivity index (χ0) is 16.9. The normalized spacial score (nSPS) is 17.0. The van der Waals surface area contributed by atoms with Crippen LogP contribution < -0.4 is 10.1 Å². The first-order valence-electron chi connectivity index (χ1n) is 8.40. The summed E-state index contributed by atoms with van der Waals surface area (Å²) in [5.74, 6) is 1.31. The van der Waals surface area contributed by atoms with E-state index in [0.717, 1.165) is 36.5 Å². The summed E-state index contributed by atoms with van der Waals surface area (Å²) in [5.41, 5.74) is 1.12. The Labute approximate surface area is 159 Å². The Bertz CT molecular complexity index is 688. The first kappa shape index (κ1) is 19.8. The van der Waals surface area contributed by atoms with Crippen LogP contribution in [0.25, 0.3) is 10.4 Å².